The summed E-state index contributed by atoms with van der Waals surface area (Å²) in [6.07, 6.45) is 8.61. The van der Waals surface area contributed by atoms with Gasteiger partial charge in [-0.2, -0.15) is 5.10 Å². The third-order valence-electron chi connectivity index (χ3n) is 3.97. The van der Waals surface area contributed by atoms with Crippen LogP contribution in [-0.2, 0) is 4.79 Å². The van der Waals surface area contributed by atoms with E-state index in [1.54, 1.807) is 30.5 Å². The molecule has 0 spiro atoms. The van der Waals surface area contributed by atoms with Crippen LogP contribution in [0, 0.1) is 5.92 Å². The van der Waals surface area contributed by atoms with Crippen LogP contribution in [0.25, 0.3) is 0 Å². The Labute approximate surface area is 151 Å². The molecule has 0 aliphatic heterocycles. The topological polar surface area (TPSA) is 70.6 Å². The summed E-state index contributed by atoms with van der Waals surface area (Å²) in [6.45, 7) is 5.98. The monoisotopic (exact) mass is 345 g/mol. The molecule has 25 heavy (non-hydrogen) atoms. The zero-order valence-electron chi connectivity index (χ0n) is 15.6. The van der Waals surface area contributed by atoms with E-state index in [1.165, 1.54) is 25.7 Å². The van der Waals surface area contributed by atoms with Crippen molar-refractivity contribution in [1.29, 1.82) is 0 Å². The minimum absolute atomic E-state index is 0.0306. The molecule has 1 aromatic rings. The minimum atomic E-state index is -0.616. The Bertz CT molecular complexity index is 541. The summed E-state index contributed by atoms with van der Waals surface area (Å²) in [5, 5.41) is 6.78. The highest BCUT2D eigenvalue weighted by atomic mass is 16.2. The molecule has 0 unspecified atom stereocenters. The number of rotatable bonds is 11. The molecule has 0 radical (unpaired) electrons. The Morgan fingerprint density at radius 3 is 2.40 bits per heavy atom. The lowest BCUT2D eigenvalue weighted by molar-refractivity contribution is -0.123. The maximum atomic E-state index is 12.3. The van der Waals surface area contributed by atoms with Gasteiger partial charge in [-0.15, -0.1) is 0 Å². The number of nitrogens with zero attached hydrogens (tertiary/aromatic N) is 1. The number of unbranched alkanes of at least 4 members (excludes halogenated alkanes) is 5. The van der Waals surface area contributed by atoms with Crippen molar-refractivity contribution in [1.82, 2.24) is 10.7 Å². The number of hydrazone groups is 1. The lowest BCUT2D eigenvalue weighted by atomic mass is 10.0. The Balaban J connectivity index is 2.42. The molecule has 5 heteroatoms. The number of amides is 2. The van der Waals surface area contributed by atoms with Gasteiger partial charge in [-0.05, 0) is 30.9 Å². The van der Waals surface area contributed by atoms with Crippen molar-refractivity contribution in [2.45, 2.75) is 65.3 Å². The van der Waals surface area contributed by atoms with Crippen molar-refractivity contribution in [3.05, 3.63) is 35.9 Å². The molecule has 2 amide bonds. The molecule has 0 aromatic heterocycles. The summed E-state index contributed by atoms with van der Waals surface area (Å²) in [5.41, 5.74) is 3.08. The molecule has 1 aromatic carbocycles. The van der Waals surface area contributed by atoms with E-state index < -0.39 is 6.04 Å². The van der Waals surface area contributed by atoms with Gasteiger partial charge in [0.2, 0.25) is 0 Å². The first-order chi connectivity index (χ1) is 12.1. The van der Waals surface area contributed by atoms with Crippen molar-refractivity contribution in [2.24, 2.45) is 11.0 Å². The second-order valence-electron chi connectivity index (χ2n) is 6.55. The van der Waals surface area contributed by atoms with Gasteiger partial charge in [0, 0.05) is 11.8 Å². The molecular weight excluding hydrogens is 314 g/mol. The van der Waals surface area contributed by atoms with Gasteiger partial charge in [-0.25, -0.2) is 5.43 Å². The van der Waals surface area contributed by atoms with Crippen LogP contribution in [0.4, 0.5) is 0 Å². The van der Waals surface area contributed by atoms with Gasteiger partial charge in [0.15, 0.2) is 0 Å². The third-order valence-corrected chi connectivity index (χ3v) is 3.97. The van der Waals surface area contributed by atoms with Gasteiger partial charge in [0.1, 0.15) is 6.04 Å². The predicted molar refractivity (Wildman–Crippen MR) is 103 cm³/mol. The first-order valence-corrected chi connectivity index (χ1v) is 9.23. The van der Waals surface area contributed by atoms with E-state index in [-0.39, 0.29) is 17.7 Å². The molecule has 0 saturated heterocycles. The van der Waals surface area contributed by atoms with Crippen LogP contribution in [0.15, 0.2) is 35.4 Å². The van der Waals surface area contributed by atoms with E-state index in [2.05, 4.69) is 22.8 Å². The number of hydrogen-bond donors (Lipinski definition) is 2. The van der Waals surface area contributed by atoms with Crippen molar-refractivity contribution in [2.75, 3.05) is 0 Å². The fraction of sp³-hybridized carbons (Fsp3) is 0.550. The smallest absolute Gasteiger partial charge is 0.262 e. The van der Waals surface area contributed by atoms with Gasteiger partial charge < -0.3 is 5.32 Å². The normalized spacial score (nSPS) is 12.3. The van der Waals surface area contributed by atoms with E-state index in [1.807, 2.05) is 19.9 Å². The van der Waals surface area contributed by atoms with Crippen molar-refractivity contribution < 1.29 is 9.59 Å². The first kappa shape index (κ1) is 20.9. The first-order valence-electron chi connectivity index (χ1n) is 9.23. The van der Waals surface area contributed by atoms with E-state index >= 15 is 0 Å². The average molecular weight is 345 g/mol. The largest absolute Gasteiger partial charge is 0.340 e. The summed E-state index contributed by atoms with van der Waals surface area (Å²) >= 11 is 0. The molecule has 0 aliphatic rings. The fourth-order valence-electron chi connectivity index (χ4n) is 2.43. The maximum Gasteiger partial charge on any atom is 0.262 e. The quantitative estimate of drug-likeness (QED) is 0.363. The zero-order valence-corrected chi connectivity index (χ0v) is 15.6. The Kier molecular flexibility index (Phi) is 10.2. The van der Waals surface area contributed by atoms with Gasteiger partial charge in [-0.1, -0.05) is 64.7 Å². The van der Waals surface area contributed by atoms with Crippen molar-refractivity contribution in [3.63, 3.8) is 0 Å². The third kappa shape index (κ3) is 8.47. The van der Waals surface area contributed by atoms with Crippen LogP contribution < -0.4 is 10.7 Å². The fourth-order valence-corrected chi connectivity index (χ4v) is 2.43. The standard InChI is InChI=1S/C20H31N3O2/c1-4-5-6-7-8-12-15-21-23-20(25)18(16(2)3)22-19(24)17-13-10-9-11-14-17/h9-11,13-16,18H,4-8,12H2,1-3H3,(H,22,24)(H,23,25)/b21-15-/t18-/m1/s1. The molecule has 138 valence electrons. The Morgan fingerprint density at radius 1 is 1.08 bits per heavy atom. The molecule has 1 rings (SSSR count). The van der Waals surface area contributed by atoms with E-state index in [9.17, 15) is 9.59 Å². The molecule has 0 bridgehead atoms. The van der Waals surface area contributed by atoms with Crippen LogP contribution in [0.5, 0.6) is 0 Å². The molecular formula is C20H31N3O2. The number of benzene rings is 1. The zero-order chi connectivity index (χ0) is 18.5. The highest BCUT2D eigenvalue weighted by Gasteiger charge is 2.24. The molecule has 0 fully saturated rings. The lowest BCUT2D eigenvalue weighted by Crippen LogP contribution is -2.48. The van der Waals surface area contributed by atoms with Crippen LogP contribution >= 0.6 is 0 Å². The van der Waals surface area contributed by atoms with E-state index in [0.717, 1.165) is 12.8 Å². The molecule has 2 N–H and O–H groups in total. The van der Waals surface area contributed by atoms with Gasteiger partial charge in [0.05, 0.1) is 0 Å². The van der Waals surface area contributed by atoms with E-state index in [4.69, 9.17) is 0 Å². The summed E-state index contributed by atoms with van der Waals surface area (Å²) in [6, 6.07) is 8.27. The predicted octanol–water partition coefficient (Wildman–Crippen LogP) is 3.90. The molecule has 1 atom stereocenters. The Morgan fingerprint density at radius 2 is 1.76 bits per heavy atom. The van der Waals surface area contributed by atoms with Crippen molar-refractivity contribution in [3.8, 4) is 0 Å². The van der Waals surface area contributed by atoms with Crippen LogP contribution in [-0.4, -0.2) is 24.1 Å². The minimum Gasteiger partial charge on any atom is -0.340 e. The number of carbonyl (C=O) groups is 2. The molecule has 0 saturated carbocycles. The second kappa shape index (κ2) is 12.2. The van der Waals surface area contributed by atoms with Crippen LogP contribution in [0.2, 0.25) is 0 Å². The molecule has 0 aliphatic carbocycles. The Hall–Kier alpha value is -2.17. The lowest BCUT2D eigenvalue weighted by Gasteiger charge is -2.20. The molecule has 5 nitrogen and oxygen atoms in total. The van der Waals surface area contributed by atoms with Gasteiger partial charge in [-0.3, -0.25) is 9.59 Å². The van der Waals surface area contributed by atoms with Crippen molar-refractivity contribution >= 4 is 18.0 Å². The summed E-state index contributed by atoms with van der Waals surface area (Å²) in [5.74, 6) is -0.576. The number of nitrogens with one attached hydrogen (secondary N) is 2. The SMILES string of the molecule is CCCCCCC/C=N\NC(=O)[C@H](NC(=O)c1ccccc1)C(C)C. The van der Waals surface area contributed by atoms with Crippen LogP contribution in [0.1, 0.15) is 69.7 Å². The highest BCUT2D eigenvalue weighted by Crippen LogP contribution is 2.06. The van der Waals surface area contributed by atoms with Crippen LogP contribution in [0.3, 0.4) is 0 Å². The average Bonchev–Trinajstić information content (AvgIpc) is 2.62. The van der Waals surface area contributed by atoms with Gasteiger partial charge >= 0.3 is 0 Å². The summed E-state index contributed by atoms with van der Waals surface area (Å²) in [7, 11) is 0. The van der Waals surface area contributed by atoms with Gasteiger partial charge in [0.25, 0.3) is 11.8 Å². The summed E-state index contributed by atoms with van der Waals surface area (Å²) in [4.78, 5) is 24.5. The molecule has 0 heterocycles. The van der Waals surface area contributed by atoms with E-state index in [0.29, 0.717) is 5.56 Å². The maximum absolute atomic E-state index is 12.3. The second-order valence-corrected chi connectivity index (χ2v) is 6.55. The highest BCUT2D eigenvalue weighted by molar-refractivity contribution is 5.97. The summed E-state index contributed by atoms with van der Waals surface area (Å²) < 4.78 is 0. The number of carbonyl (C=O) groups excluding carboxylic acids is 2. The number of hydrogen-bond acceptors (Lipinski definition) is 3.